The van der Waals surface area contributed by atoms with Crippen molar-refractivity contribution < 1.29 is 9.90 Å². The maximum Gasteiger partial charge on any atom is 0.268 e. The van der Waals surface area contributed by atoms with Crippen LogP contribution in [0.25, 0.3) is 0 Å². The van der Waals surface area contributed by atoms with Gasteiger partial charge in [0.1, 0.15) is 12.9 Å². The second-order valence-electron chi connectivity index (χ2n) is 2.39. The largest absolute Gasteiger partial charge is 0.386 e. The Morgan fingerprint density at radius 1 is 1.73 bits per heavy atom. The molecule has 11 heavy (non-hydrogen) atoms. The number of aliphatic hydroxyl groups is 1. The summed E-state index contributed by atoms with van der Waals surface area (Å²) < 4.78 is 0. The number of carbonyl (C=O) groups is 1. The first-order valence-electron chi connectivity index (χ1n) is 3.39. The first kappa shape index (κ1) is 8.00. The van der Waals surface area contributed by atoms with E-state index in [-0.39, 0.29) is 5.91 Å². The molecule has 0 aromatic carbocycles. The SMILES string of the molecule is CN1C=NN(C(=O)CO)CC1. The number of rotatable bonds is 1. The highest BCUT2D eigenvalue weighted by molar-refractivity contribution is 5.78. The fourth-order valence-corrected chi connectivity index (χ4v) is 0.789. The lowest BCUT2D eigenvalue weighted by atomic mass is 10.5. The molecule has 1 N–H and O–H groups in total. The van der Waals surface area contributed by atoms with Gasteiger partial charge in [0.2, 0.25) is 0 Å². The molecule has 0 fully saturated rings. The van der Waals surface area contributed by atoms with Crippen LogP contribution < -0.4 is 0 Å². The minimum atomic E-state index is -0.471. The van der Waals surface area contributed by atoms with Crippen LogP contribution in [0.4, 0.5) is 0 Å². The lowest BCUT2D eigenvalue weighted by molar-refractivity contribution is -0.134. The van der Waals surface area contributed by atoms with E-state index < -0.39 is 6.61 Å². The Hall–Kier alpha value is -1.10. The van der Waals surface area contributed by atoms with Gasteiger partial charge >= 0.3 is 0 Å². The molecule has 0 saturated heterocycles. The Balaban J connectivity index is 2.50. The molecule has 1 aliphatic rings. The Morgan fingerprint density at radius 2 is 2.45 bits per heavy atom. The van der Waals surface area contributed by atoms with E-state index in [0.29, 0.717) is 6.54 Å². The van der Waals surface area contributed by atoms with Crippen molar-refractivity contribution in [1.29, 1.82) is 0 Å². The van der Waals surface area contributed by atoms with Crippen LogP contribution in [0, 0.1) is 0 Å². The molecule has 0 aromatic heterocycles. The van der Waals surface area contributed by atoms with E-state index in [1.807, 2.05) is 11.9 Å². The van der Waals surface area contributed by atoms with Crippen LogP contribution >= 0.6 is 0 Å². The maximum absolute atomic E-state index is 10.8. The topological polar surface area (TPSA) is 56.1 Å². The zero-order chi connectivity index (χ0) is 8.27. The zero-order valence-electron chi connectivity index (χ0n) is 6.40. The molecular formula is C6H11N3O2. The third kappa shape index (κ3) is 1.91. The molecular weight excluding hydrogens is 146 g/mol. The summed E-state index contributed by atoms with van der Waals surface area (Å²) in [5.41, 5.74) is 0. The van der Waals surface area contributed by atoms with Crippen molar-refractivity contribution in [3.63, 3.8) is 0 Å². The first-order chi connectivity index (χ1) is 5.24. The van der Waals surface area contributed by atoms with Crippen molar-refractivity contribution in [2.45, 2.75) is 0 Å². The van der Waals surface area contributed by atoms with E-state index in [1.54, 1.807) is 6.34 Å². The molecule has 5 nitrogen and oxygen atoms in total. The molecule has 0 atom stereocenters. The molecule has 62 valence electrons. The second kappa shape index (κ2) is 3.34. The molecule has 1 rings (SSSR count). The molecule has 5 heteroatoms. The standard InChI is InChI=1S/C6H11N3O2/c1-8-2-3-9(7-5-8)6(11)4-10/h5,10H,2-4H2,1H3. The lowest BCUT2D eigenvalue weighted by Crippen LogP contribution is -2.39. The number of carbonyl (C=O) groups excluding carboxylic acids is 1. The average molecular weight is 157 g/mol. The fraction of sp³-hybridized carbons (Fsp3) is 0.667. The number of nitrogens with zero attached hydrogens (tertiary/aromatic N) is 3. The van der Waals surface area contributed by atoms with Crippen LogP contribution in [0.15, 0.2) is 5.10 Å². The van der Waals surface area contributed by atoms with Gasteiger partial charge in [0.25, 0.3) is 5.91 Å². The van der Waals surface area contributed by atoms with Crippen molar-refractivity contribution in [3.8, 4) is 0 Å². The number of amides is 1. The summed E-state index contributed by atoms with van der Waals surface area (Å²) >= 11 is 0. The Morgan fingerprint density at radius 3 is 2.91 bits per heavy atom. The molecule has 0 radical (unpaired) electrons. The third-order valence-electron chi connectivity index (χ3n) is 1.48. The van der Waals surface area contributed by atoms with Crippen molar-refractivity contribution in [3.05, 3.63) is 0 Å². The van der Waals surface area contributed by atoms with Gasteiger partial charge < -0.3 is 10.0 Å². The summed E-state index contributed by atoms with van der Waals surface area (Å²) in [6, 6.07) is 0. The van der Waals surface area contributed by atoms with Gasteiger partial charge in [-0.25, -0.2) is 5.01 Å². The highest BCUT2D eigenvalue weighted by atomic mass is 16.3. The molecule has 0 unspecified atom stereocenters. The molecule has 0 spiro atoms. The van der Waals surface area contributed by atoms with Gasteiger partial charge in [0, 0.05) is 13.6 Å². The highest BCUT2D eigenvalue weighted by Gasteiger charge is 2.13. The van der Waals surface area contributed by atoms with Gasteiger partial charge in [-0.05, 0) is 0 Å². The summed E-state index contributed by atoms with van der Waals surface area (Å²) in [6.07, 6.45) is 1.57. The maximum atomic E-state index is 10.8. The van der Waals surface area contributed by atoms with E-state index in [4.69, 9.17) is 5.11 Å². The predicted octanol–water partition coefficient (Wildman–Crippen LogP) is -1.30. The molecule has 0 bridgehead atoms. The van der Waals surface area contributed by atoms with E-state index in [0.717, 1.165) is 6.54 Å². The number of likely N-dealkylation sites (N-methyl/N-ethyl adjacent to an activating group) is 1. The number of hydrazone groups is 1. The first-order valence-corrected chi connectivity index (χ1v) is 3.39. The summed E-state index contributed by atoms with van der Waals surface area (Å²) in [6.45, 7) is 0.836. The molecule has 0 aliphatic carbocycles. The van der Waals surface area contributed by atoms with Crippen LogP contribution in [-0.2, 0) is 4.79 Å². The van der Waals surface area contributed by atoms with Gasteiger partial charge in [0.15, 0.2) is 0 Å². The van der Waals surface area contributed by atoms with E-state index in [9.17, 15) is 4.79 Å². The molecule has 1 heterocycles. The third-order valence-corrected chi connectivity index (χ3v) is 1.48. The second-order valence-corrected chi connectivity index (χ2v) is 2.39. The van der Waals surface area contributed by atoms with E-state index >= 15 is 0 Å². The zero-order valence-corrected chi connectivity index (χ0v) is 6.40. The van der Waals surface area contributed by atoms with Crippen LogP contribution in [0.1, 0.15) is 0 Å². The monoisotopic (exact) mass is 157 g/mol. The molecule has 0 saturated carbocycles. The van der Waals surface area contributed by atoms with Crippen molar-refractivity contribution >= 4 is 12.2 Å². The number of hydrogen-bond acceptors (Lipinski definition) is 4. The average Bonchev–Trinajstić information content (AvgIpc) is 2.05. The van der Waals surface area contributed by atoms with Gasteiger partial charge in [0.05, 0.1) is 6.54 Å². The molecule has 0 aromatic rings. The fourth-order valence-electron chi connectivity index (χ4n) is 0.789. The predicted molar refractivity (Wildman–Crippen MR) is 39.9 cm³/mol. The minimum absolute atomic E-state index is 0.352. The van der Waals surface area contributed by atoms with Gasteiger partial charge in [-0.1, -0.05) is 0 Å². The summed E-state index contributed by atoms with van der Waals surface area (Å²) in [5, 5.41) is 13.5. The normalized spacial score (nSPS) is 17.3. The van der Waals surface area contributed by atoms with Crippen molar-refractivity contribution in [1.82, 2.24) is 9.91 Å². The summed E-state index contributed by atoms with van der Waals surface area (Å²) in [4.78, 5) is 12.7. The van der Waals surface area contributed by atoms with E-state index in [1.165, 1.54) is 5.01 Å². The quantitative estimate of drug-likeness (QED) is 0.514. The summed E-state index contributed by atoms with van der Waals surface area (Å²) in [7, 11) is 1.88. The number of hydrogen-bond donors (Lipinski definition) is 1. The smallest absolute Gasteiger partial charge is 0.268 e. The number of aliphatic hydroxyl groups excluding tert-OH is 1. The van der Waals surface area contributed by atoms with Crippen molar-refractivity contribution in [2.24, 2.45) is 5.10 Å². The Kier molecular flexibility index (Phi) is 2.43. The molecule has 1 amide bonds. The molecule has 1 aliphatic heterocycles. The van der Waals surface area contributed by atoms with Crippen LogP contribution in [-0.4, -0.2) is 54.0 Å². The highest BCUT2D eigenvalue weighted by Crippen LogP contribution is 1.96. The lowest BCUT2D eigenvalue weighted by Gasteiger charge is -2.24. The van der Waals surface area contributed by atoms with Gasteiger partial charge in [-0.3, -0.25) is 4.79 Å². The van der Waals surface area contributed by atoms with Crippen LogP contribution in [0.5, 0.6) is 0 Å². The van der Waals surface area contributed by atoms with Crippen molar-refractivity contribution in [2.75, 3.05) is 26.7 Å². The van der Waals surface area contributed by atoms with E-state index in [2.05, 4.69) is 5.10 Å². The minimum Gasteiger partial charge on any atom is -0.386 e. The Labute approximate surface area is 64.9 Å². The Bertz CT molecular complexity index is 181. The van der Waals surface area contributed by atoms with Gasteiger partial charge in [-0.2, -0.15) is 5.10 Å². The van der Waals surface area contributed by atoms with Crippen LogP contribution in [0.3, 0.4) is 0 Å². The summed E-state index contributed by atoms with van der Waals surface area (Å²) in [5.74, 6) is -0.352. The van der Waals surface area contributed by atoms with Crippen LogP contribution in [0.2, 0.25) is 0 Å². The van der Waals surface area contributed by atoms with Gasteiger partial charge in [-0.15, -0.1) is 0 Å².